The van der Waals surface area contributed by atoms with Gasteiger partial charge in [-0.1, -0.05) is 13.8 Å². The standard InChI is InChI=1S/C12H20N2O5S2/c1-5-19-6-9(8(2)3)14-21(16,17)12-10(11(15)18-4)13-7-20-12/h7-9,14H,5-6H2,1-4H3. The predicted octanol–water partition coefficient (Wildman–Crippen LogP) is 1.27. The maximum atomic E-state index is 12.4. The number of esters is 1. The van der Waals surface area contributed by atoms with Crippen LogP contribution in [0.4, 0.5) is 0 Å². The van der Waals surface area contributed by atoms with Crippen LogP contribution in [0.5, 0.6) is 0 Å². The average Bonchev–Trinajstić information content (AvgIpc) is 2.92. The zero-order chi connectivity index (χ0) is 16.0. The van der Waals surface area contributed by atoms with E-state index in [1.807, 2.05) is 20.8 Å². The number of aromatic nitrogens is 1. The largest absolute Gasteiger partial charge is 0.464 e. The van der Waals surface area contributed by atoms with Gasteiger partial charge in [-0.25, -0.2) is 22.9 Å². The van der Waals surface area contributed by atoms with E-state index in [9.17, 15) is 13.2 Å². The van der Waals surface area contributed by atoms with Crippen LogP contribution in [0.2, 0.25) is 0 Å². The molecule has 9 heteroatoms. The molecule has 0 bridgehead atoms. The van der Waals surface area contributed by atoms with Crippen LogP contribution < -0.4 is 4.72 Å². The second-order valence-electron chi connectivity index (χ2n) is 4.61. The Kier molecular flexibility index (Phi) is 6.72. The monoisotopic (exact) mass is 336 g/mol. The van der Waals surface area contributed by atoms with Crippen LogP contribution in [0.1, 0.15) is 31.3 Å². The third kappa shape index (κ3) is 4.73. The molecule has 1 rings (SSSR count). The highest BCUT2D eigenvalue weighted by atomic mass is 32.2. The van der Waals surface area contributed by atoms with Gasteiger partial charge in [-0.3, -0.25) is 0 Å². The molecule has 1 atom stereocenters. The molecule has 120 valence electrons. The van der Waals surface area contributed by atoms with Gasteiger partial charge in [0.2, 0.25) is 0 Å². The van der Waals surface area contributed by atoms with E-state index in [1.54, 1.807) is 0 Å². The molecular weight excluding hydrogens is 316 g/mol. The third-order valence-corrected chi connectivity index (χ3v) is 5.63. The quantitative estimate of drug-likeness (QED) is 0.718. The number of nitrogens with one attached hydrogen (secondary N) is 1. The van der Waals surface area contributed by atoms with Gasteiger partial charge in [-0.15, -0.1) is 11.3 Å². The van der Waals surface area contributed by atoms with Crippen molar-refractivity contribution >= 4 is 27.3 Å². The molecule has 0 aliphatic carbocycles. The second kappa shape index (κ2) is 7.83. The normalized spacial score (nSPS) is 13.4. The van der Waals surface area contributed by atoms with Crippen LogP contribution in [-0.4, -0.2) is 45.7 Å². The van der Waals surface area contributed by atoms with E-state index in [4.69, 9.17) is 4.74 Å². The van der Waals surface area contributed by atoms with Crippen LogP contribution in [0.25, 0.3) is 0 Å². The van der Waals surface area contributed by atoms with Crippen LogP contribution in [0, 0.1) is 5.92 Å². The van der Waals surface area contributed by atoms with Crippen LogP contribution in [0.3, 0.4) is 0 Å². The summed E-state index contributed by atoms with van der Waals surface area (Å²) in [6.45, 7) is 6.38. The van der Waals surface area contributed by atoms with E-state index < -0.39 is 16.0 Å². The van der Waals surface area contributed by atoms with E-state index in [0.29, 0.717) is 6.61 Å². The smallest absolute Gasteiger partial charge is 0.358 e. The average molecular weight is 336 g/mol. The second-order valence-corrected chi connectivity index (χ2v) is 7.38. The lowest BCUT2D eigenvalue weighted by Crippen LogP contribution is -2.42. The molecule has 0 saturated heterocycles. The summed E-state index contributed by atoms with van der Waals surface area (Å²) >= 11 is 0.875. The number of ether oxygens (including phenoxy) is 2. The Morgan fingerprint density at radius 3 is 2.67 bits per heavy atom. The molecule has 1 heterocycles. The molecule has 1 unspecified atom stereocenters. The topological polar surface area (TPSA) is 94.6 Å². The van der Waals surface area contributed by atoms with Gasteiger partial charge in [0, 0.05) is 12.6 Å². The molecule has 1 aromatic heterocycles. The van der Waals surface area contributed by atoms with Crippen molar-refractivity contribution in [2.75, 3.05) is 20.3 Å². The summed E-state index contributed by atoms with van der Waals surface area (Å²) in [5.41, 5.74) is 1.10. The Labute approximate surface area is 128 Å². The number of nitrogens with zero attached hydrogens (tertiary/aromatic N) is 1. The van der Waals surface area contributed by atoms with Gasteiger partial charge in [-0.2, -0.15) is 0 Å². The summed E-state index contributed by atoms with van der Waals surface area (Å²) in [6.07, 6.45) is 0. The maximum Gasteiger partial charge on any atom is 0.358 e. The lowest BCUT2D eigenvalue weighted by molar-refractivity contribution is 0.0590. The van der Waals surface area contributed by atoms with Crippen molar-refractivity contribution in [3.8, 4) is 0 Å². The van der Waals surface area contributed by atoms with Crippen molar-refractivity contribution in [3.63, 3.8) is 0 Å². The summed E-state index contributed by atoms with van der Waals surface area (Å²) < 4.78 is 37.1. The van der Waals surface area contributed by atoms with Gasteiger partial charge >= 0.3 is 5.97 Å². The molecule has 21 heavy (non-hydrogen) atoms. The molecule has 0 aliphatic heterocycles. The lowest BCUT2D eigenvalue weighted by atomic mass is 10.1. The summed E-state index contributed by atoms with van der Waals surface area (Å²) in [7, 11) is -2.67. The van der Waals surface area contributed by atoms with Gasteiger partial charge < -0.3 is 9.47 Å². The first-order valence-electron chi connectivity index (χ1n) is 6.45. The highest BCUT2D eigenvalue weighted by Gasteiger charge is 2.29. The van der Waals surface area contributed by atoms with E-state index >= 15 is 0 Å². The minimum atomic E-state index is -3.85. The number of carbonyl (C=O) groups is 1. The SMILES string of the molecule is CCOCC(NS(=O)(=O)c1scnc1C(=O)OC)C(C)C. The van der Waals surface area contributed by atoms with E-state index in [-0.39, 0.29) is 28.5 Å². The fraction of sp³-hybridized carbons (Fsp3) is 0.667. The van der Waals surface area contributed by atoms with Crippen LogP contribution in [0.15, 0.2) is 9.72 Å². The molecule has 1 N–H and O–H groups in total. The molecule has 0 amide bonds. The van der Waals surface area contributed by atoms with Crippen molar-refractivity contribution < 1.29 is 22.7 Å². The minimum Gasteiger partial charge on any atom is -0.464 e. The highest BCUT2D eigenvalue weighted by Crippen LogP contribution is 2.21. The number of hydrogen-bond acceptors (Lipinski definition) is 7. The number of methoxy groups -OCH3 is 1. The molecule has 1 aromatic rings. The molecule has 0 aliphatic rings. The summed E-state index contributed by atoms with van der Waals surface area (Å²) in [5.74, 6) is -0.733. The van der Waals surface area contributed by atoms with E-state index in [2.05, 4.69) is 14.4 Å². The van der Waals surface area contributed by atoms with E-state index in [1.165, 1.54) is 12.6 Å². The Morgan fingerprint density at radius 2 is 2.14 bits per heavy atom. The van der Waals surface area contributed by atoms with Crippen LogP contribution in [-0.2, 0) is 19.5 Å². The molecule has 0 radical (unpaired) electrons. The number of rotatable bonds is 8. The third-order valence-electron chi connectivity index (χ3n) is 2.77. The number of carbonyl (C=O) groups excluding carboxylic acids is 1. The van der Waals surface area contributed by atoms with E-state index in [0.717, 1.165) is 11.3 Å². The number of hydrogen-bond donors (Lipinski definition) is 1. The van der Waals surface area contributed by atoms with Gasteiger partial charge in [0.15, 0.2) is 9.90 Å². The Hall–Kier alpha value is -1.03. The lowest BCUT2D eigenvalue weighted by Gasteiger charge is -2.21. The van der Waals surface area contributed by atoms with Crippen molar-refractivity contribution in [2.45, 2.75) is 31.0 Å². The van der Waals surface area contributed by atoms with Crippen molar-refractivity contribution in [1.29, 1.82) is 0 Å². The molecule has 0 aromatic carbocycles. The number of thiazole rings is 1. The highest BCUT2D eigenvalue weighted by molar-refractivity contribution is 7.91. The van der Waals surface area contributed by atoms with Gasteiger partial charge in [0.1, 0.15) is 0 Å². The first-order chi connectivity index (χ1) is 9.83. The minimum absolute atomic E-state index is 0.0424. The van der Waals surface area contributed by atoms with Gasteiger partial charge in [-0.05, 0) is 12.8 Å². The van der Waals surface area contributed by atoms with Crippen LogP contribution >= 0.6 is 11.3 Å². The Bertz CT molecular complexity index is 568. The van der Waals surface area contributed by atoms with Gasteiger partial charge in [0.05, 0.1) is 19.2 Å². The predicted molar refractivity (Wildman–Crippen MR) is 78.9 cm³/mol. The van der Waals surface area contributed by atoms with Gasteiger partial charge in [0.25, 0.3) is 10.0 Å². The van der Waals surface area contributed by atoms with Crippen molar-refractivity contribution in [3.05, 3.63) is 11.2 Å². The van der Waals surface area contributed by atoms with Crippen molar-refractivity contribution in [1.82, 2.24) is 9.71 Å². The fourth-order valence-corrected chi connectivity index (χ4v) is 4.04. The molecule has 0 fully saturated rings. The first-order valence-corrected chi connectivity index (χ1v) is 8.81. The zero-order valence-electron chi connectivity index (χ0n) is 12.5. The Morgan fingerprint density at radius 1 is 1.48 bits per heavy atom. The summed E-state index contributed by atoms with van der Waals surface area (Å²) in [4.78, 5) is 15.3. The Balaban J connectivity index is 3.00. The molecular formula is C12H20N2O5S2. The molecule has 0 saturated carbocycles. The number of sulfonamides is 1. The first kappa shape index (κ1) is 18.0. The molecule has 7 nitrogen and oxygen atoms in total. The maximum absolute atomic E-state index is 12.4. The summed E-state index contributed by atoms with van der Waals surface area (Å²) in [5, 5.41) is 0. The fourth-order valence-electron chi connectivity index (χ4n) is 1.52. The summed E-state index contributed by atoms with van der Waals surface area (Å²) in [6, 6.07) is -0.387. The molecule has 0 spiro atoms. The zero-order valence-corrected chi connectivity index (χ0v) is 14.1. The van der Waals surface area contributed by atoms with Crippen molar-refractivity contribution in [2.24, 2.45) is 5.92 Å².